The summed E-state index contributed by atoms with van der Waals surface area (Å²) in [6.07, 6.45) is 5.42. The molecule has 0 saturated carbocycles. The fraction of sp³-hybridized carbons (Fsp3) is 0.571. The highest BCUT2D eigenvalue weighted by Crippen LogP contribution is 2.30. The Balaban J connectivity index is 1.97. The average Bonchev–Trinajstić information content (AvgIpc) is 2.75. The van der Waals surface area contributed by atoms with Crippen LogP contribution in [-0.4, -0.2) is 12.0 Å². The van der Waals surface area contributed by atoms with Crippen molar-refractivity contribution in [2.24, 2.45) is 0 Å². The first-order valence-electron chi connectivity index (χ1n) is 6.19. The summed E-state index contributed by atoms with van der Waals surface area (Å²) in [7, 11) is 0. The predicted molar refractivity (Wildman–Crippen MR) is 68.5 cm³/mol. The van der Waals surface area contributed by atoms with E-state index in [2.05, 4.69) is 25.1 Å². The molecule has 1 heterocycles. The SMILES string of the molecule is CCCC(Cl)CCc1cccc2c1OCC2. The van der Waals surface area contributed by atoms with Crippen LogP contribution in [0.15, 0.2) is 18.2 Å². The van der Waals surface area contributed by atoms with Crippen LogP contribution in [0.2, 0.25) is 0 Å². The zero-order valence-electron chi connectivity index (χ0n) is 9.84. The molecule has 0 saturated heterocycles. The molecule has 0 N–H and O–H groups in total. The van der Waals surface area contributed by atoms with E-state index in [-0.39, 0.29) is 0 Å². The molecule has 1 aromatic rings. The highest BCUT2D eigenvalue weighted by molar-refractivity contribution is 6.20. The maximum absolute atomic E-state index is 6.24. The van der Waals surface area contributed by atoms with Gasteiger partial charge in [-0.15, -0.1) is 11.6 Å². The molecule has 0 bridgehead atoms. The van der Waals surface area contributed by atoms with Gasteiger partial charge in [0.05, 0.1) is 6.61 Å². The van der Waals surface area contributed by atoms with Crippen LogP contribution in [0.25, 0.3) is 0 Å². The van der Waals surface area contributed by atoms with E-state index in [1.54, 1.807) is 0 Å². The van der Waals surface area contributed by atoms with Crippen LogP contribution in [0, 0.1) is 0 Å². The van der Waals surface area contributed by atoms with Gasteiger partial charge in [-0.1, -0.05) is 31.5 Å². The molecule has 0 aliphatic carbocycles. The molecule has 0 aromatic heterocycles. The fourth-order valence-electron chi connectivity index (χ4n) is 2.25. The number of hydrogen-bond acceptors (Lipinski definition) is 1. The van der Waals surface area contributed by atoms with Crippen molar-refractivity contribution in [2.75, 3.05) is 6.61 Å². The predicted octanol–water partition coefficient (Wildman–Crippen LogP) is 3.96. The number of fused-ring (bicyclic) bond motifs is 1. The van der Waals surface area contributed by atoms with Gasteiger partial charge in [0.2, 0.25) is 0 Å². The molecule has 0 fully saturated rings. The molecule has 1 atom stereocenters. The highest BCUT2D eigenvalue weighted by atomic mass is 35.5. The lowest BCUT2D eigenvalue weighted by atomic mass is 10.0. The third kappa shape index (κ3) is 2.70. The van der Waals surface area contributed by atoms with Gasteiger partial charge in [-0.3, -0.25) is 0 Å². The van der Waals surface area contributed by atoms with Crippen LogP contribution in [0.1, 0.15) is 37.3 Å². The van der Waals surface area contributed by atoms with Crippen LogP contribution < -0.4 is 4.74 Å². The van der Waals surface area contributed by atoms with Crippen LogP contribution in [0.5, 0.6) is 5.75 Å². The highest BCUT2D eigenvalue weighted by Gasteiger charge is 2.16. The molecule has 2 rings (SSSR count). The molecule has 1 aliphatic heterocycles. The topological polar surface area (TPSA) is 9.23 Å². The van der Waals surface area contributed by atoms with Crippen molar-refractivity contribution in [3.8, 4) is 5.75 Å². The van der Waals surface area contributed by atoms with Crippen molar-refractivity contribution in [3.63, 3.8) is 0 Å². The number of benzene rings is 1. The minimum Gasteiger partial charge on any atom is -0.493 e. The minimum atomic E-state index is 0.308. The Kier molecular flexibility index (Phi) is 4.11. The van der Waals surface area contributed by atoms with Gasteiger partial charge < -0.3 is 4.74 Å². The Hall–Kier alpha value is -0.690. The lowest BCUT2D eigenvalue weighted by Crippen LogP contribution is -2.01. The second-order valence-electron chi connectivity index (χ2n) is 4.43. The molecule has 88 valence electrons. The third-order valence-corrected chi connectivity index (χ3v) is 3.56. The van der Waals surface area contributed by atoms with Crippen molar-refractivity contribution in [1.82, 2.24) is 0 Å². The second kappa shape index (κ2) is 5.58. The number of ether oxygens (including phenoxy) is 1. The monoisotopic (exact) mass is 238 g/mol. The molecular weight excluding hydrogens is 220 g/mol. The van der Waals surface area contributed by atoms with E-state index in [9.17, 15) is 0 Å². The molecule has 0 amide bonds. The van der Waals surface area contributed by atoms with Gasteiger partial charge in [-0.25, -0.2) is 0 Å². The molecule has 1 nitrogen and oxygen atoms in total. The van der Waals surface area contributed by atoms with E-state index in [1.807, 2.05) is 0 Å². The number of alkyl halides is 1. The zero-order chi connectivity index (χ0) is 11.4. The van der Waals surface area contributed by atoms with Crippen molar-refractivity contribution >= 4 is 11.6 Å². The number of rotatable bonds is 5. The minimum absolute atomic E-state index is 0.308. The molecule has 0 spiro atoms. The fourth-order valence-corrected chi connectivity index (χ4v) is 2.58. The number of halogens is 1. The molecule has 1 aromatic carbocycles. The van der Waals surface area contributed by atoms with E-state index in [0.717, 1.165) is 44.5 Å². The third-order valence-electron chi connectivity index (χ3n) is 3.12. The standard InChI is InChI=1S/C14H19ClO/c1-2-4-13(15)8-7-11-5-3-6-12-9-10-16-14(11)12/h3,5-6,13H,2,4,7-10H2,1H3. The summed E-state index contributed by atoms with van der Waals surface area (Å²) >= 11 is 6.24. The van der Waals surface area contributed by atoms with Crippen LogP contribution in [-0.2, 0) is 12.8 Å². The number of aryl methyl sites for hydroxylation is 1. The van der Waals surface area contributed by atoms with Gasteiger partial charge in [0.15, 0.2) is 0 Å². The second-order valence-corrected chi connectivity index (χ2v) is 5.05. The lowest BCUT2D eigenvalue weighted by molar-refractivity contribution is 0.353. The van der Waals surface area contributed by atoms with E-state index in [1.165, 1.54) is 11.1 Å². The molecule has 1 aliphatic rings. The lowest BCUT2D eigenvalue weighted by Gasteiger charge is -2.10. The van der Waals surface area contributed by atoms with E-state index >= 15 is 0 Å². The first kappa shape index (κ1) is 11.8. The van der Waals surface area contributed by atoms with Crippen LogP contribution >= 0.6 is 11.6 Å². The quantitative estimate of drug-likeness (QED) is 0.706. The van der Waals surface area contributed by atoms with Crippen molar-refractivity contribution < 1.29 is 4.74 Å². The maximum atomic E-state index is 6.24. The zero-order valence-corrected chi connectivity index (χ0v) is 10.6. The van der Waals surface area contributed by atoms with E-state index in [4.69, 9.17) is 16.3 Å². The summed E-state index contributed by atoms with van der Waals surface area (Å²) in [5, 5.41) is 0.308. The molecule has 2 heteroatoms. The van der Waals surface area contributed by atoms with Gasteiger partial charge in [0.1, 0.15) is 5.75 Å². The summed E-state index contributed by atoms with van der Waals surface area (Å²) < 4.78 is 5.68. The largest absolute Gasteiger partial charge is 0.493 e. The summed E-state index contributed by atoms with van der Waals surface area (Å²) in [6, 6.07) is 6.46. The van der Waals surface area contributed by atoms with Crippen LogP contribution in [0.4, 0.5) is 0 Å². The van der Waals surface area contributed by atoms with E-state index in [0.29, 0.717) is 5.38 Å². The Morgan fingerprint density at radius 3 is 3.06 bits per heavy atom. The van der Waals surface area contributed by atoms with Crippen molar-refractivity contribution in [2.45, 2.75) is 44.4 Å². The first-order valence-corrected chi connectivity index (χ1v) is 6.62. The summed E-state index contributed by atoms with van der Waals surface area (Å²) in [5.74, 6) is 1.13. The number of hydrogen-bond donors (Lipinski definition) is 0. The Bertz CT molecular complexity index is 349. The van der Waals surface area contributed by atoms with Gasteiger partial charge >= 0.3 is 0 Å². The number of para-hydroxylation sites is 1. The van der Waals surface area contributed by atoms with Gasteiger partial charge in [0, 0.05) is 11.8 Å². The molecule has 16 heavy (non-hydrogen) atoms. The summed E-state index contributed by atoms with van der Waals surface area (Å²) in [4.78, 5) is 0. The Labute approximate surface area is 103 Å². The molecule has 1 unspecified atom stereocenters. The smallest absolute Gasteiger partial charge is 0.125 e. The summed E-state index contributed by atoms with van der Waals surface area (Å²) in [5.41, 5.74) is 2.69. The summed E-state index contributed by atoms with van der Waals surface area (Å²) in [6.45, 7) is 3.02. The van der Waals surface area contributed by atoms with Gasteiger partial charge in [0.25, 0.3) is 0 Å². The van der Waals surface area contributed by atoms with Gasteiger partial charge in [-0.05, 0) is 30.4 Å². The Morgan fingerprint density at radius 2 is 2.25 bits per heavy atom. The first-order chi connectivity index (χ1) is 7.81. The van der Waals surface area contributed by atoms with Gasteiger partial charge in [-0.2, -0.15) is 0 Å². The van der Waals surface area contributed by atoms with Crippen molar-refractivity contribution in [1.29, 1.82) is 0 Å². The molecular formula is C14H19ClO. The molecule has 0 radical (unpaired) electrons. The normalized spacial score (nSPS) is 15.6. The average molecular weight is 239 g/mol. The maximum Gasteiger partial charge on any atom is 0.125 e. The Morgan fingerprint density at radius 1 is 1.38 bits per heavy atom. The van der Waals surface area contributed by atoms with Crippen LogP contribution in [0.3, 0.4) is 0 Å². The van der Waals surface area contributed by atoms with Crippen molar-refractivity contribution in [3.05, 3.63) is 29.3 Å². The van der Waals surface area contributed by atoms with E-state index < -0.39 is 0 Å².